The Bertz CT molecular complexity index is 4430. The van der Waals surface area contributed by atoms with Gasteiger partial charge in [-0.25, -0.2) is 31.1 Å². The summed E-state index contributed by atoms with van der Waals surface area (Å²) in [5.41, 5.74) is 4.58. The number of alkyl halides is 7. The Morgan fingerprint density at radius 3 is 1.04 bits per heavy atom. The Morgan fingerprint density at radius 2 is 0.740 bits per heavy atom. The van der Waals surface area contributed by atoms with Gasteiger partial charge in [0.05, 0.1) is 6.04 Å². The second-order valence-electron chi connectivity index (χ2n) is 33.8. The minimum absolute atomic E-state index is 0. The minimum Gasteiger partial charge on any atom is -0.444 e. The summed E-state index contributed by atoms with van der Waals surface area (Å²) in [6, 6.07) is -8.54. The van der Waals surface area contributed by atoms with E-state index in [9.17, 15) is 105 Å². The standard InChI is InChI=1S/C42H56F6N8O7.C37H48F6N8O5.CH3Cl.CH4.ClH/c1-21(2)33(50-36(59)30-11-9-14-55(30)38(61)34(22(3)4)51-40(62)63-41(5,6)7)37(60)54-13-8-10-29(54)35(58)49-25(16-24-17-27(44)28(45)20-26(24)43)19-31(57)23-12-15-56-32(18-23)52-53-39(56)42(46,47)48;1-18(2)30(44)34(55)49-10-5-8-27(49)33(54)46-31(19(3)4)35(56)50-11-6-7-26(50)32(53)45-22(13-21-14-24(39)25(40)17-23(21)38)16-28(52)20-9-12-51-29(15-20)47-48-36(51)37(41,42)43;1-2;;/h17,20-23,25,29-30,33-34H,8-16,18-19H2,1-7H3,(H,49,58)(H,50,59)(H,51,62);14,17-20,22,26-27,30-31H,5-13,15-16,44H2,1-4H3,(H,45,53)(H,46,54);1H3;1H4;1H. The van der Waals surface area contributed by atoms with Gasteiger partial charge in [0, 0.05) is 107 Å². The minimum atomic E-state index is -4.76. The number of fused-ring (bicyclic) bond motifs is 2. The lowest BCUT2D eigenvalue weighted by Crippen LogP contribution is -2.59. The first-order valence-electron chi connectivity index (χ1n) is 40.5. The van der Waals surface area contributed by atoms with E-state index in [2.05, 4.69) is 58.6 Å². The third-order valence-electron chi connectivity index (χ3n) is 22.5. The van der Waals surface area contributed by atoms with E-state index in [1.165, 1.54) is 26.0 Å². The van der Waals surface area contributed by atoms with Crippen LogP contribution in [-0.2, 0) is 104 Å². The van der Waals surface area contributed by atoms with Gasteiger partial charge in [-0.2, -0.15) is 26.3 Å². The normalized spacial score (nSPS) is 20.4. The number of nitrogens with two attached hydrogens (primary N) is 1. The van der Waals surface area contributed by atoms with Crippen molar-refractivity contribution in [2.24, 2.45) is 41.2 Å². The number of rotatable bonds is 27. The van der Waals surface area contributed by atoms with Crippen LogP contribution in [0.15, 0.2) is 24.3 Å². The van der Waals surface area contributed by atoms with Crippen LogP contribution in [0.1, 0.15) is 195 Å². The van der Waals surface area contributed by atoms with Gasteiger partial charge in [-0.1, -0.05) is 62.8 Å². The molecule has 10 rings (SSSR count). The smallest absolute Gasteiger partial charge is 0.444 e. The molecule has 4 fully saturated rings. The number of carbonyl (C=O) groups excluding carboxylic acids is 11. The molecule has 28 nitrogen and oxygen atoms in total. The Balaban J connectivity index is 0.000000369. The molecule has 123 heavy (non-hydrogen) atoms. The molecule has 686 valence electrons. The molecule has 0 saturated carbocycles. The molecular weight excluding hydrogens is 1690 g/mol. The summed E-state index contributed by atoms with van der Waals surface area (Å²) < 4.78 is 173. The summed E-state index contributed by atoms with van der Waals surface area (Å²) in [6.45, 7) is 19.4. The lowest BCUT2D eigenvalue weighted by molar-refractivity contribution is -0.148. The number of nitrogens with zero attached hydrogens (tertiary/aromatic N) is 10. The van der Waals surface area contributed by atoms with Gasteiger partial charge in [-0.15, -0.1) is 44.4 Å². The molecular formula is C81H112Cl2F12N16O12. The molecule has 42 heteroatoms. The lowest BCUT2D eigenvalue weighted by Gasteiger charge is -2.34. The van der Waals surface area contributed by atoms with Crippen LogP contribution in [0.25, 0.3) is 0 Å². The number of carbonyl (C=O) groups is 11. The molecule has 0 spiro atoms. The van der Waals surface area contributed by atoms with Crippen molar-refractivity contribution in [3.8, 4) is 0 Å². The molecule has 2 aromatic carbocycles. The Kier molecular flexibility index (Phi) is 36.4. The first-order valence-corrected chi connectivity index (χ1v) is 41.3. The maximum Gasteiger partial charge on any atom is 0.451 e. The van der Waals surface area contributed by atoms with Crippen LogP contribution in [0.2, 0.25) is 0 Å². The fourth-order valence-corrected chi connectivity index (χ4v) is 16.1. The first-order chi connectivity index (χ1) is 56.6. The van der Waals surface area contributed by atoms with Crippen LogP contribution in [0.5, 0.6) is 0 Å². The molecule has 7 N–H and O–H groups in total. The van der Waals surface area contributed by atoms with Crippen LogP contribution < -0.4 is 32.3 Å². The molecule has 8 heterocycles. The molecule has 0 bridgehead atoms. The maximum absolute atomic E-state index is 14.9. The second kappa shape index (κ2) is 43.6. The highest BCUT2D eigenvalue weighted by atomic mass is 35.5. The monoisotopic (exact) mass is 1800 g/mol. The third-order valence-corrected chi connectivity index (χ3v) is 22.5. The number of aromatic nitrogens is 6. The first kappa shape index (κ1) is 103. The highest BCUT2D eigenvalue weighted by Gasteiger charge is 2.48. The zero-order chi connectivity index (χ0) is 89.9. The van der Waals surface area contributed by atoms with E-state index in [0.29, 0.717) is 62.9 Å². The fraction of sp³-hybridized carbons (Fsp3) is 0.667. The molecule has 4 saturated heterocycles. The van der Waals surface area contributed by atoms with E-state index in [4.69, 9.17) is 10.5 Å². The number of Topliss-reactive ketones (excluding diaryl/α,β-unsaturated/α-hetero) is 2. The van der Waals surface area contributed by atoms with Crippen molar-refractivity contribution in [3.05, 3.63) is 93.6 Å². The van der Waals surface area contributed by atoms with Gasteiger partial charge in [-0.05, 0) is 145 Å². The number of nitrogens with one attached hydrogen (secondary N) is 5. The van der Waals surface area contributed by atoms with E-state index in [1.807, 2.05) is 0 Å². The van der Waals surface area contributed by atoms with E-state index in [-0.39, 0.29) is 138 Å². The Morgan fingerprint density at radius 1 is 0.439 bits per heavy atom. The number of hydrogen-bond donors (Lipinski definition) is 6. The van der Waals surface area contributed by atoms with Gasteiger partial charge in [0.15, 0.2) is 23.3 Å². The Hall–Kier alpha value is -9.21. The molecule has 6 aliphatic heterocycles. The quantitative estimate of drug-likeness (QED) is 0.0184. The summed E-state index contributed by atoms with van der Waals surface area (Å²) in [4.78, 5) is 156. The number of ketones is 2. The van der Waals surface area contributed by atoms with Gasteiger partial charge < -0.3 is 65.8 Å². The van der Waals surface area contributed by atoms with Crippen molar-refractivity contribution in [1.29, 1.82) is 0 Å². The average Bonchev–Trinajstić information content (AvgIpc) is 1.65. The number of halogens is 14. The molecule has 4 aromatic rings. The zero-order valence-electron chi connectivity index (χ0n) is 69.9. The predicted octanol–water partition coefficient (Wildman–Crippen LogP) is 9.62. The summed E-state index contributed by atoms with van der Waals surface area (Å²) >= 11 is 4.64. The highest BCUT2D eigenvalue weighted by Crippen LogP contribution is 2.36. The molecule has 12 unspecified atom stereocenters. The number of alkyl carbamates (subject to hydrolysis) is 1. The highest BCUT2D eigenvalue weighted by molar-refractivity contribution is 6.15. The van der Waals surface area contributed by atoms with Gasteiger partial charge in [-0.3, -0.25) is 47.9 Å². The summed E-state index contributed by atoms with van der Waals surface area (Å²) in [5.74, 6) is -19.1. The van der Waals surface area contributed by atoms with Crippen molar-refractivity contribution >= 4 is 88.9 Å². The zero-order valence-corrected chi connectivity index (χ0v) is 71.4. The van der Waals surface area contributed by atoms with Gasteiger partial charge in [0.25, 0.3) is 0 Å². The van der Waals surface area contributed by atoms with E-state index >= 15 is 0 Å². The number of ether oxygens (including phenoxy) is 1. The van der Waals surface area contributed by atoms with E-state index in [0.717, 1.165) is 9.13 Å². The summed E-state index contributed by atoms with van der Waals surface area (Å²) in [5, 5.41) is 27.3. The predicted molar refractivity (Wildman–Crippen MR) is 426 cm³/mol. The van der Waals surface area contributed by atoms with Crippen LogP contribution in [-0.4, -0.2) is 213 Å². The van der Waals surface area contributed by atoms with Crippen LogP contribution in [0.3, 0.4) is 0 Å². The van der Waals surface area contributed by atoms with Crippen LogP contribution in [0, 0.1) is 70.4 Å². The van der Waals surface area contributed by atoms with Gasteiger partial charge in [0.2, 0.25) is 58.9 Å². The fourth-order valence-electron chi connectivity index (χ4n) is 16.1. The van der Waals surface area contributed by atoms with E-state index in [1.54, 1.807) is 76.2 Å². The average molecular weight is 1800 g/mol. The van der Waals surface area contributed by atoms with Gasteiger partial charge >= 0.3 is 18.4 Å². The molecule has 0 radical (unpaired) electrons. The SMILES string of the molecule is C.CC(C)C(N)C(=O)N1CCCC1C(=O)NC(C(=O)N1CCCC1C(=O)NC(CC(=O)C1CCn2c(nnc2C(F)(F)F)C1)Cc1cc(F)c(F)cc1F)C(C)C.CC(C)C(NC(=O)OC(C)(C)C)C(=O)N1CCCC1C(=O)NC(C(=O)N1CCCC1C(=O)NC(CC(=O)C1CCn2c(nnc2C(F)(F)F)C1)Cc1cc(F)c(F)cc1F)C(C)C.CCl.Cl. The number of amides is 9. The van der Waals surface area contributed by atoms with Crippen LogP contribution >= 0.6 is 24.0 Å². The van der Waals surface area contributed by atoms with Crippen molar-refractivity contribution in [1.82, 2.24) is 75.7 Å². The topological polar surface area (TPSA) is 358 Å². The second-order valence-corrected chi connectivity index (χ2v) is 33.8. The van der Waals surface area contributed by atoms with Crippen molar-refractivity contribution in [2.45, 2.75) is 278 Å². The molecule has 9 amide bonds. The van der Waals surface area contributed by atoms with E-state index < -0.39 is 233 Å². The number of likely N-dealkylation sites (tertiary alicyclic amines) is 4. The largest absolute Gasteiger partial charge is 0.451 e. The third kappa shape index (κ3) is 25.8. The van der Waals surface area contributed by atoms with Crippen molar-refractivity contribution < 1.29 is 110 Å². The summed E-state index contributed by atoms with van der Waals surface area (Å²) in [7, 11) is 0. The number of hydrogen-bond acceptors (Lipinski definition) is 17. The maximum atomic E-state index is 14.9. The van der Waals surface area contributed by atoms with Crippen molar-refractivity contribution in [2.75, 3.05) is 32.6 Å². The Labute approximate surface area is 716 Å². The van der Waals surface area contributed by atoms with Gasteiger partial charge in [0.1, 0.15) is 82.7 Å². The number of benzene rings is 2. The van der Waals surface area contributed by atoms with Crippen LogP contribution in [0.4, 0.5) is 57.5 Å². The van der Waals surface area contributed by atoms with Crippen molar-refractivity contribution in [3.63, 3.8) is 0 Å². The summed E-state index contributed by atoms with van der Waals surface area (Å²) in [6.07, 6.45) is -8.19. The molecule has 12 atom stereocenters. The molecule has 6 aliphatic rings. The molecule has 2 aromatic heterocycles. The molecule has 0 aliphatic carbocycles. The lowest BCUT2D eigenvalue weighted by atomic mass is 9.88.